The van der Waals surface area contributed by atoms with Gasteiger partial charge in [0.25, 0.3) is 0 Å². The lowest BCUT2D eigenvalue weighted by atomic mass is 9.92. The molecule has 1 aromatic carbocycles. The molecule has 29 heavy (non-hydrogen) atoms. The van der Waals surface area contributed by atoms with Crippen molar-refractivity contribution in [1.82, 2.24) is 15.3 Å². The molecule has 2 N–H and O–H groups in total. The first-order valence-corrected chi connectivity index (χ1v) is 10.4. The number of thiocarbonyl (C=S) groups is 1. The summed E-state index contributed by atoms with van der Waals surface area (Å²) in [6, 6.07) is 7.90. The van der Waals surface area contributed by atoms with E-state index in [1.807, 2.05) is 31.2 Å². The summed E-state index contributed by atoms with van der Waals surface area (Å²) in [6.07, 6.45) is 1.26. The van der Waals surface area contributed by atoms with E-state index in [1.165, 1.54) is 6.42 Å². The van der Waals surface area contributed by atoms with Gasteiger partial charge in [0.05, 0.1) is 0 Å². The standard InChI is InChI=1S/C21H27N5O2S/c1-13-6-14(2)11-26(10-13)19-7-15(3)23-20(24-19)25-21(29)22-9-16-4-5-17-18(8-16)28-12-27-17/h4-5,7-8,13-14H,6,9-12H2,1-3H3,(H2,22,23,24,25,29)/t13-,14+. The monoisotopic (exact) mass is 413 g/mol. The minimum absolute atomic E-state index is 0.272. The summed E-state index contributed by atoms with van der Waals surface area (Å²) in [5, 5.41) is 6.81. The zero-order chi connectivity index (χ0) is 20.4. The van der Waals surface area contributed by atoms with Gasteiger partial charge in [-0.15, -0.1) is 0 Å². The molecule has 1 saturated heterocycles. The summed E-state index contributed by atoms with van der Waals surface area (Å²) < 4.78 is 10.8. The van der Waals surface area contributed by atoms with E-state index in [-0.39, 0.29) is 6.79 Å². The Morgan fingerprint density at radius 2 is 1.90 bits per heavy atom. The molecule has 3 heterocycles. The highest BCUT2D eigenvalue weighted by molar-refractivity contribution is 7.80. The van der Waals surface area contributed by atoms with Gasteiger partial charge in [0.15, 0.2) is 16.6 Å². The van der Waals surface area contributed by atoms with E-state index in [4.69, 9.17) is 26.7 Å². The number of benzene rings is 1. The Labute approximate surface area is 176 Å². The summed E-state index contributed by atoms with van der Waals surface area (Å²) >= 11 is 5.44. The van der Waals surface area contributed by atoms with Crippen LogP contribution in [0.2, 0.25) is 0 Å². The third-order valence-electron chi connectivity index (χ3n) is 5.15. The Morgan fingerprint density at radius 1 is 1.14 bits per heavy atom. The first-order valence-electron chi connectivity index (χ1n) is 10.0. The van der Waals surface area contributed by atoms with Gasteiger partial charge >= 0.3 is 0 Å². The first kappa shape index (κ1) is 19.7. The number of ether oxygens (including phenoxy) is 2. The number of piperidine rings is 1. The molecule has 2 aliphatic heterocycles. The summed E-state index contributed by atoms with van der Waals surface area (Å²) in [7, 11) is 0. The number of fused-ring (bicyclic) bond motifs is 1. The van der Waals surface area contributed by atoms with Crippen LogP contribution in [0.1, 0.15) is 31.5 Å². The van der Waals surface area contributed by atoms with Crippen LogP contribution in [-0.4, -0.2) is 35.0 Å². The van der Waals surface area contributed by atoms with Crippen LogP contribution in [0.15, 0.2) is 24.3 Å². The van der Waals surface area contributed by atoms with E-state index in [0.29, 0.717) is 29.4 Å². The number of nitrogens with zero attached hydrogens (tertiary/aromatic N) is 3. The lowest BCUT2D eigenvalue weighted by Gasteiger charge is -2.36. The van der Waals surface area contributed by atoms with Crippen LogP contribution >= 0.6 is 12.2 Å². The van der Waals surface area contributed by atoms with Gasteiger partial charge in [-0.05, 0) is 55.1 Å². The Morgan fingerprint density at radius 3 is 2.69 bits per heavy atom. The highest BCUT2D eigenvalue weighted by atomic mass is 32.1. The van der Waals surface area contributed by atoms with Crippen LogP contribution in [0.3, 0.4) is 0 Å². The second-order valence-electron chi connectivity index (χ2n) is 8.04. The lowest BCUT2D eigenvalue weighted by Crippen LogP contribution is -2.39. The van der Waals surface area contributed by atoms with Gasteiger partial charge in [-0.3, -0.25) is 0 Å². The fourth-order valence-corrected chi connectivity index (χ4v) is 4.16. The van der Waals surface area contributed by atoms with Gasteiger partial charge < -0.3 is 25.0 Å². The predicted molar refractivity (Wildman–Crippen MR) is 118 cm³/mol. The highest BCUT2D eigenvalue weighted by Crippen LogP contribution is 2.32. The van der Waals surface area contributed by atoms with Crippen molar-refractivity contribution in [3.63, 3.8) is 0 Å². The maximum absolute atomic E-state index is 5.44. The zero-order valence-electron chi connectivity index (χ0n) is 17.1. The molecule has 0 aliphatic carbocycles. The molecule has 0 saturated carbocycles. The van der Waals surface area contributed by atoms with Crippen LogP contribution < -0.4 is 25.0 Å². The van der Waals surface area contributed by atoms with Crippen LogP contribution in [0.25, 0.3) is 0 Å². The molecule has 0 spiro atoms. The number of hydrogen-bond donors (Lipinski definition) is 2. The molecule has 0 amide bonds. The second kappa shape index (κ2) is 8.41. The van der Waals surface area contributed by atoms with E-state index in [9.17, 15) is 0 Å². The number of anilines is 2. The van der Waals surface area contributed by atoms with Gasteiger partial charge in [0.1, 0.15) is 5.82 Å². The normalized spacial score (nSPS) is 20.4. The molecule has 2 aliphatic rings. The minimum atomic E-state index is 0.272. The Balaban J connectivity index is 1.38. The van der Waals surface area contributed by atoms with Crippen molar-refractivity contribution in [3.8, 4) is 11.5 Å². The van der Waals surface area contributed by atoms with E-state index in [2.05, 4.69) is 34.4 Å². The molecule has 4 rings (SSSR count). The Hall–Kier alpha value is -2.61. The molecule has 2 aromatic rings. The van der Waals surface area contributed by atoms with Crippen molar-refractivity contribution in [2.45, 2.75) is 33.7 Å². The fraction of sp³-hybridized carbons (Fsp3) is 0.476. The maximum atomic E-state index is 5.44. The van der Waals surface area contributed by atoms with Gasteiger partial charge in [-0.2, -0.15) is 4.98 Å². The van der Waals surface area contributed by atoms with E-state index in [0.717, 1.165) is 41.7 Å². The van der Waals surface area contributed by atoms with Gasteiger partial charge in [0.2, 0.25) is 12.7 Å². The van der Waals surface area contributed by atoms with E-state index >= 15 is 0 Å². The number of hydrogen-bond acceptors (Lipinski definition) is 6. The largest absolute Gasteiger partial charge is 0.454 e. The van der Waals surface area contributed by atoms with Gasteiger partial charge in [-0.1, -0.05) is 19.9 Å². The predicted octanol–water partition coefficient (Wildman–Crippen LogP) is 3.48. The summed E-state index contributed by atoms with van der Waals surface area (Å²) in [5.74, 6) is 4.34. The zero-order valence-corrected chi connectivity index (χ0v) is 17.9. The summed E-state index contributed by atoms with van der Waals surface area (Å²) in [4.78, 5) is 11.6. The number of nitrogens with one attached hydrogen (secondary N) is 2. The molecule has 0 unspecified atom stereocenters. The molecule has 7 nitrogen and oxygen atoms in total. The highest BCUT2D eigenvalue weighted by Gasteiger charge is 2.23. The maximum Gasteiger partial charge on any atom is 0.231 e. The molecule has 0 radical (unpaired) electrons. The van der Waals surface area contributed by atoms with Crippen molar-refractivity contribution < 1.29 is 9.47 Å². The van der Waals surface area contributed by atoms with Crippen molar-refractivity contribution >= 4 is 29.1 Å². The third-order valence-corrected chi connectivity index (χ3v) is 5.40. The average Bonchev–Trinajstić information content (AvgIpc) is 3.13. The van der Waals surface area contributed by atoms with Crippen molar-refractivity contribution in [1.29, 1.82) is 0 Å². The Kier molecular flexibility index (Phi) is 5.71. The average molecular weight is 414 g/mol. The van der Waals surface area contributed by atoms with E-state index in [1.54, 1.807) is 0 Å². The van der Waals surface area contributed by atoms with Crippen LogP contribution in [0.4, 0.5) is 11.8 Å². The third kappa shape index (κ3) is 4.87. The molecular weight excluding hydrogens is 386 g/mol. The quantitative estimate of drug-likeness (QED) is 0.738. The first-order chi connectivity index (χ1) is 14.0. The SMILES string of the molecule is Cc1cc(N2C[C@H](C)C[C@H](C)C2)nc(NC(=S)NCc2ccc3c(c2)OCO3)n1. The van der Waals surface area contributed by atoms with Crippen molar-refractivity contribution in [2.75, 3.05) is 30.1 Å². The van der Waals surface area contributed by atoms with Crippen LogP contribution in [-0.2, 0) is 6.54 Å². The van der Waals surface area contributed by atoms with Crippen LogP contribution in [0.5, 0.6) is 11.5 Å². The van der Waals surface area contributed by atoms with Crippen molar-refractivity contribution in [3.05, 3.63) is 35.5 Å². The van der Waals surface area contributed by atoms with Crippen LogP contribution in [0, 0.1) is 18.8 Å². The number of rotatable bonds is 4. The minimum Gasteiger partial charge on any atom is -0.454 e. The second-order valence-corrected chi connectivity index (χ2v) is 8.45. The lowest BCUT2D eigenvalue weighted by molar-refractivity contribution is 0.174. The smallest absolute Gasteiger partial charge is 0.231 e. The van der Waals surface area contributed by atoms with Gasteiger partial charge in [0, 0.05) is 31.4 Å². The fourth-order valence-electron chi connectivity index (χ4n) is 4.00. The molecule has 154 valence electrons. The topological polar surface area (TPSA) is 71.5 Å². The van der Waals surface area contributed by atoms with Gasteiger partial charge in [-0.25, -0.2) is 4.98 Å². The molecule has 1 aromatic heterocycles. The molecule has 1 fully saturated rings. The summed E-state index contributed by atoms with van der Waals surface area (Å²) in [5.41, 5.74) is 1.97. The number of aromatic nitrogens is 2. The molecular formula is C21H27N5O2S. The molecule has 8 heteroatoms. The van der Waals surface area contributed by atoms with E-state index < -0.39 is 0 Å². The Bertz CT molecular complexity index is 897. The molecule has 0 bridgehead atoms. The number of aryl methyl sites for hydroxylation is 1. The summed E-state index contributed by atoms with van der Waals surface area (Å²) in [6.45, 7) is 9.46. The van der Waals surface area contributed by atoms with Crippen molar-refractivity contribution in [2.24, 2.45) is 11.8 Å². The molecule has 2 atom stereocenters.